The Balaban J connectivity index is 1.69. The Hall–Kier alpha value is -2.10. The van der Waals surface area contributed by atoms with Crippen molar-refractivity contribution in [3.8, 4) is 11.1 Å². The van der Waals surface area contributed by atoms with Gasteiger partial charge in [0.2, 0.25) is 0 Å². The summed E-state index contributed by atoms with van der Waals surface area (Å²) >= 11 is 0. The summed E-state index contributed by atoms with van der Waals surface area (Å²) in [5, 5.41) is 2.64. The standard InChI is InChI=1S/C31H39BO2/c1-27(2)24-19-21-13-11-12-14-23(21)25(26(24)28(3,4)29(27,5)6)20-15-17-22(18-16-20)32-33-30(7,8)31(9,10)34-32/h11-19H,1-10H3. The summed E-state index contributed by atoms with van der Waals surface area (Å²) < 4.78 is 12.6. The lowest BCUT2D eigenvalue weighted by molar-refractivity contribution is 0.00578. The normalized spacial score (nSPS) is 23.3. The largest absolute Gasteiger partial charge is 0.494 e. The molecule has 1 fully saturated rings. The van der Waals surface area contributed by atoms with Crippen molar-refractivity contribution in [1.82, 2.24) is 0 Å². The Morgan fingerprint density at radius 1 is 0.647 bits per heavy atom. The zero-order valence-corrected chi connectivity index (χ0v) is 22.6. The van der Waals surface area contributed by atoms with E-state index in [1.165, 1.54) is 33.0 Å². The highest BCUT2D eigenvalue weighted by molar-refractivity contribution is 6.62. The van der Waals surface area contributed by atoms with Crippen LogP contribution in [0.1, 0.15) is 80.4 Å². The Bertz CT molecular complexity index is 1260. The average Bonchev–Trinajstić information content (AvgIpc) is 3.04. The van der Waals surface area contributed by atoms with Gasteiger partial charge in [0.15, 0.2) is 0 Å². The van der Waals surface area contributed by atoms with E-state index in [1.54, 1.807) is 0 Å². The molecule has 0 bridgehead atoms. The van der Waals surface area contributed by atoms with Crippen LogP contribution < -0.4 is 5.46 Å². The number of hydrogen-bond acceptors (Lipinski definition) is 2. The lowest BCUT2D eigenvalue weighted by Gasteiger charge is -2.44. The molecule has 0 aromatic heterocycles. The molecule has 2 nitrogen and oxygen atoms in total. The summed E-state index contributed by atoms with van der Waals surface area (Å²) in [5.41, 5.74) is 6.18. The molecular formula is C31H39BO2. The monoisotopic (exact) mass is 454 g/mol. The first-order valence-electron chi connectivity index (χ1n) is 12.6. The fourth-order valence-electron chi connectivity index (χ4n) is 6.01. The van der Waals surface area contributed by atoms with Crippen molar-refractivity contribution < 1.29 is 9.31 Å². The van der Waals surface area contributed by atoms with E-state index in [0.29, 0.717) is 0 Å². The molecule has 3 heteroatoms. The van der Waals surface area contributed by atoms with Crippen molar-refractivity contribution in [2.24, 2.45) is 5.41 Å². The van der Waals surface area contributed by atoms with E-state index in [-0.39, 0.29) is 34.6 Å². The van der Waals surface area contributed by atoms with Crippen molar-refractivity contribution in [2.45, 2.75) is 91.3 Å². The van der Waals surface area contributed by atoms with Crippen LogP contribution in [0.2, 0.25) is 0 Å². The van der Waals surface area contributed by atoms with Crippen LogP contribution in [0.25, 0.3) is 21.9 Å². The third-order valence-electron chi connectivity index (χ3n) is 10.2. The minimum absolute atomic E-state index is 0.0234. The van der Waals surface area contributed by atoms with E-state index in [2.05, 4.69) is 124 Å². The van der Waals surface area contributed by atoms with Crippen molar-refractivity contribution in [3.63, 3.8) is 0 Å². The van der Waals surface area contributed by atoms with Crippen LogP contribution in [0.4, 0.5) is 0 Å². The van der Waals surface area contributed by atoms with Gasteiger partial charge in [0.1, 0.15) is 0 Å². The van der Waals surface area contributed by atoms with Crippen LogP contribution in [0.5, 0.6) is 0 Å². The van der Waals surface area contributed by atoms with Gasteiger partial charge in [-0.2, -0.15) is 0 Å². The molecule has 1 aliphatic carbocycles. The molecule has 0 amide bonds. The molecule has 1 heterocycles. The molecule has 0 saturated carbocycles. The summed E-state index contributed by atoms with van der Waals surface area (Å²) in [6, 6.07) is 20.2. The van der Waals surface area contributed by atoms with Crippen LogP contribution in [0.15, 0.2) is 54.6 Å². The highest BCUT2D eigenvalue weighted by Crippen LogP contribution is 2.64. The minimum Gasteiger partial charge on any atom is -0.399 e. The Morgan fingerprint density at radius 2 is 1.21 bits per heavy atom. The van der Waals surface area contributed by atoms with Gasteiger partial charge >= 0.3 is 7.12 Å². The second kappa shape index (κ2) is 6.98. The molecule has 3 aromatic carbocycles. The van der Waals surface area contributed by atoms with Crippen molar-refractivity contribution in [1.29, 1.82) is 0 Å². The molecular weight excluding hydrogens is 415 g/mol. The SMILES string of the molecule is CC1(C)OB(c2ccc(-c3c4c(cc5ccccc35)C(C)(C)C(C)(C)C4(C)C)cc2)OC1(C)C. The quantitative estimate of drug-likeness (QED) is 0.376. The second-order valence-electron chi connectivity index (χ2n) is 13.0. The van der Waals surface area contributed by atoms with Crippen LogP contribution in [0, 0.1) is 5.41 Å². The van der Waals surface area contributed by atoms with Crippen molar-refractivity contribution in [2.75, 3.05) is 0 Å². The molecule has 1 aliphatic heterocycles. The topological polar surface area (TPSA) is 18.5 Å². The van der Waals surface area contributed by atoms with Gasteiger partial charge in [-0.05, 0) is 82.4 Å². The van der Waals surface area contributed by atoms with Gasteiger partial charge in [-0.1, -0.05) is 96.1 Å². The number of benzene rings is 3. The van der Waals surface area contributed by atoms with E-state index in [4.69, 9.17) is 9.31 Å². The summed E-state index contributed by atoms with van der Waals surface area (Å²) in [5.74, 6) is 0. The summed E-state index contributed by atoms with van der Waals surface area (Å²) in [6.45, 7) is 23.0. The predicted octanol–water partition coefficient (Wildman–Crippen LogP) is 7.40. The van der Waals surface area contributed by atoms with Gasteiger partial charge < -0.3 is 9.31 Å². The van der Waals surface area contributed by atoms with E-state index in [0.717, 1.165) is 5.46 Å². The summed E-state index contributed by atoms with van der Waals surface area (Å²) in [4.78, 5) is 0. The van der Waals surface area contributed by atoms with Crippen LogP contribution in [-0.2, 0) is 20.1 Å². The van der Waals surface area contributed by atoms with Gasteiger partial charge in [-0.25, -0.2) is 0 Å². The fraction of sp³-hybridized carbons (Fsp3) is 0.484. The first-order valence-corrected chi connectivity index (χ1v) is 12.6. The highest BCUT2D eigenvalue weighted by atomic mass is 16.7. The smallest absolute Gasteiger partial charge is 0.399 e. The Morgan fingerprint density at radius 3 is 1.79 bits per heavy atom. The number of fused-ring (bicyclic) bond motifs is 2. The number of rotatable bonds is 2. The zero-order chi connectivity index (χ0) is 24.9. The molecule has 178 valence electrons. The molecule has 2 aliphatic rings. The number of hydrogen-bond donors (Lipinski definition) is 0. The average molecular weight is 454 g/mol. The van der Waals surface area contributed by atoms with E-state index < -0.39 is 0 Å². The van der Waals surface area contributed by atoms with Gasteiger partial charge in [-0.3, -0.25) is 0 Å². The maximum absolute atomic E-state index is 6.31. The van der Waals surface area contributed by atoms with Gasteiger partial charge in [-0.15, -0.1) is 0 Å². The lowest BCUT2D eigenvalue weighted by atomic mass is 9.59. The molecule has 0 unspecified atom stereocenters. The molecule has 5 rings (SSSR count). The molecule has 34 heavy (non-hydrogen) atoms. The van der Waals surface area contributed by atoms with E-state index >= 15 is 0 Å². The third-order valence-corrected chi connectivity index (χ3v) is 10.2. The molecule has 0 N–H and O–H groups in total. The maximum atomic E-state index is 6.31. The van der Waals surface area contributed by atoms with Crippen LogP contribution in [-0.4, -0.2) is 18.3 Å². The molecule has 0 spiro atoms. The second-order valence-corrected chi connectivity index (χ2v) is 13.0. The van der Waals surface area contributed by atoms with E-state index in [9.17, 15) is 0 Å². The minimum atomic E-state index is -0.341. The Kier molecular flexibility index (Phi) is 4.86. The summed E-state index contributed by atoms with van der Waals surface area (Å²) in [6.07, 6.45) is 0. The maximum Gasteiger partial charge on any atom is 0.494 e. The third kappa shape index (κ3) is 2.96. The Labute approximate surface area is 206 Å². The van der Waals surface area contributed by atoms with Gasteiger partial charge in [0, 0.05) is 0 Å². The fourth-order valence-corrected chi connectivity index (χ4v) is 6.01. The van der Waals surface area contributed by atoms with Crippen LogP contribution >= 0.6 is 0 Å². The predicted molar refractivity (Wildman–Crippen MR) is 145 cm³/mol. The molecule has 1 saturated heterocycles. The lowest BCUT2D eigenvalue weighted by Crippen LogP contribution is -2.42. The van der Waals surface area contributed by atoms with Gasteiger partial charge in [0.25, 0.3) is 0 Å². The van der Waals surface area contributed by atoms with Crippen molar-refractivity contribution >= 4 is 23.4 Å². The molecule has 0 radical (unpaired) electrons. The van der Waals surface area contributed by atoms with Crippen molar-refractivity contribution in [3.05, 3.63) is 65.7 Å². The molecule has 3 aromatic rings. The highest BCUT2D eigenvalue weighted by Gasteiger charge is 2.58. The van der Waals surface area contributed by atoms with E-state index in [1.807, 2.05) is 0 Å². The summed E-state index contributed by atoms with van der Waals surface area (Å²) in [7, 11) is -0.341. The first-order chi connectivity index (χ1) is 15.6. The first kappa shape index (κ1) is 23.6. The van der Waals surface area contributed by atoms with Crippen LogP contribution in [0.3, 0.4) is 0 Å². The molecule has 0 atom stereocenters. The van der Waals surface area contributed by atoms with Gasteiger partial charge in [0.05, 0.1) is 11.2 Å². The zero-order valence-electron chi connectivity index (χ0n) is 22.6.